The van der Waals surface area contributed by atoms with Crippen LogP contribution < -0.4 is 5.32 Å². The van der Waals surface area contributed by atoms with E-state index >= 15 is 0 Å². The molecule has 0 radical (unpaired) electrons. The highest BCUT2D eigenvalue weighted by Gasteiger charge is 2.22. The number of carbonyl (C=O) groups excluding carboxylic acids is 1. The first-order valence-electron chi connectivity index (χ1n) is 11.2. The SMILES string of the molecule is Cc1ccc(-c2nnc(CCC(=O)N[C@@H]3CCc4nc(-c5ccccc5)ncc4C3)o2)cc1. The number of nitrogens with one attached hydrogen (secondary N) is 1. The second-order valence-electron chi connectivity index (χ2n) is 8.41. The molecule has 0 fully saturated rings. The molecule has 1 aliphatic carbocycles. The number of fused-ring (bicyclic) bond motifs is 1. The summed E-state index contributed by atoms with van der Waals surface area (Å²) in [5.74, 6) is 1.68. The molecule has 1 N–H and O–H groups in total. The highest BCUT2D eigenvalue weighted by Crippen LogP contribution is 2.23. The van der Waals surface area contributed by atoms with Crippen LogP contribution in [0.25, 0.3) is 22.8 Å². The topological polar surface area (TPSA) is 93.8 Å². The summed E-state index contributed by atoms with van der Waals surface area (Å²) in [4.78, 5) is 21.8. The first kappa shape index (κ1) is 21.0. The van der Waals surface area contributed by atoms with Crippen molar-refractivity contribution in [1.29, 1.82) is 0 Å². The first-order chi connectivity index (χ1) is 16.1. The normalized spacial score (nSPS) is 15.1. The van der Waals surface area contributed by atoms with Gasteiger partial charge in [-0.2, -0.15) is 0 Å². The molecule has 7 heteroatoms. The largest absolute Gasteiger partial charge is 0.421 e. The van der Waals surface area contributed by atoms with Gasteiger partial charge in [-0.25, -0.2) is 9.97 Å². The van der Waals surface area contributed by atoms with Gasteiger partial charge in [0, 0.05) is 41.9 Å². The van der Waals surface area contributed by atoms with Crippen molar-refractivity contribution >= 4 is 5.91 Å². The Balaban J connectivity index is 1.14. The average Bonchev–Trinajstić information content (AvgIpc) is 3.32. The van der Waals surface area contributed by atoms with Crippen LogP contribution in [-0.2, 0) is 24.1 Å². The van der Waals surface area contributed by atoms with Gasteiger partial charge in [-0.3, -0.25) is 4.79 Å². The van der Waals surface area contributed by atoms with Crippen molar-refractivity contribution in [3.63, 3.8) is 0 Å². The maximum Gasteiger partial charge on any atom is 0.247 e. The van der Waals surface area contributed by atoms with Gasteiger partial charge in [0.25, 0.3) is 0 Å². The quantitative estimate of drug-likeness (QED) is 0.486. The summed E-state index contributed by atoms with van der Waals surface area (Å²) >= 11 is 0. The van der Waals surface area contributed by atoms with Crippen molar-refractivity contribution in [2.45, 2.75) is 45.1 Å². The molecule has 0 saturated carbocycles. The van der Waals surface area contributed by atoms with Crippen LogP contribution in [0.3, 0.4) is 0 Å². The van der Waals surface area contributed by atoms with Crippen LogP contribution in [0.2, 0.25) is 0 Å². The Labute approximate surface area is 192 Å². The van der Waals surface area contributed by atoms with E-state index in [9.17, 15) is 4.79 Å². The number of aryl methyl sites for hydroxylation is 3. The number of carbonyl (C=O) groups is 1. The Morgan fingerprint density at radius 2 is 1.88 bits per heavy atom. The zero-order chi connectivity index (χ0) is 22.6. The summed E-state index contributed by atoms with van der Waals surface area (Å²) in [6.45, 7) is 2.03. The third kappa shape index (κ3) is 4.98. The highest BCUT2D eigenvalue weighted by atomic mass is 16.4. The fourth-order valence-electron chi connectivity index (χ4n) is 4.04. The van der Waals surface area contributed by atoms with E-state index in [2.05, 4.69) is 20.5 Å². The third-order valence-electron chi connectivity index (χ3n) is 5.88. The summed E-state index contributed by atoms with van der Waals surface area (Å²) in [7, 11) is 0. The number of nitrogens with zero attached hydrogens (tertiary/aromatic N) is 4. The van der Waals surface area contributed by atoms with E-state index in [0.29, 0.717) is 24.6 Å². The number of hydrogen-bond acceptors (Lipinski definition) is 6. The lowest BCUT2D eigenvalue weighted by Crippen LogP contribution is -2.39. The zero-order valence-electron chi connectivity index (χ0n) is 18.5. The molecule has 2 aromatic heterocycles. The molecule has 0 bridgehead atoms. The number of hydrogen-bond donors (Lipinski definition) is 1. The zero-order valence-corrected chi connectivity index (χ0v) is 18.5. The Kier molecular flexibility index (Phi) is 5.93. The molecule has 0 aliphatic heterocycles. The van der Waals surface area contributed by atoms with Gasteiger partial charge in [0.2, 0.25) is 17.7 Å². The molecular weight excluding hydrogens is 414 g/mol. The third-order valence-corrected chi connectivity index (χ3v) is 5.88. The minimum Gasteiger partial charge on any atom is -0.421 e. The van der Waals surface area contributed by atoms with Crippen LogP contribution in [0.1, 0.15) is 35.6 Å². The van der Waals surface area contributed by atoms with Crippen molar-refractivity contribution in [3.8, 4) is 22.8 Å². The summed E-state index contributed by atoms with van der Waals surface area (Å²) in [6, 6.07) is 18.0. The minimum absolute atomic E-state index is 0.0136. The van der Waals surface area contributed by atoms with Gasteiger partial charge >= 0.3 is 0 Å². The first-order valence-corrected chi connectivity index (χ1v) is 11.2. The molecule has 1 atom stereocenters. The molecule has 2 heterocycles. The summed E-state index contributed by atoms with van der Waals surface area (Å²) in [6.07, 6.45) is 5.05. The average molecular weight is 440 g/mol. The van der Waals surface area contributed by atoms with Crippen LogP contribution in [0.5, 0.6) is 0 Å². The maximum atomic E-state index is 12.5. The lowest BCUT2D eigenvalue weighted by atomic mass is 9.92. The second kappa shape index (κ2) is 9.32. The van der Waals surface area contributed by atoms with Gasteiger partial charge in [-0.1, -0.05) is 48.0 Å². The van der Waals surface area contributed by atoms with Crippen LogP contribution >= 0.6 is 0 Å². The van der Waals surface area contributed by atoms with Crippen molar-refractivity contribution in [1.82, 2.24) is 25.5 Å². The van der Waals surface area contributed by atoms with Gasteiger partial charge in [-0.15, -0.1) is 10.2 Å². The van der Waals surface area contributed by atoms with Crippen molar-refractivity contribution < 1.29 is 9.21 Å². The van der Waals surface area contributed by atoms with E-state index in [1.165, 1.54) is 5.56 Å². The number of aromatic nitrogens is 4. The van der Waals surface area contributed by atoms with E-state index in [0.717, 1.165) is 47.5 Å². The lowest BCUT2D eigenvalue weighted by molar-refractivity contribution is -0.121. The summed E-state index contributed by atoms with van der Waals surface area (Å²) < 4.78 is 5.73. The molecule has 0 spiro atoms. The number of benzene rings is 2. The maximum absolute atomic E-state index is 12.5. The van der Waals surface area contributed by atoms with Crippen LogP contribution in [-0.4, -0.2) is 32.1 Å². The molecule has 1 amide bonds. The monoisotopic (exact) mass is 439 g/mol. The van der Waals surface area contributed by atoms with Crippen LogP contribution in [0.4, 0.5) is 0 Å². The van der Waals surface area contributed by atoms with E-state index in [-0.39, 0.29) is 11.9 Å². The predicted molar refractivity (Wildman–Crippen MR) is 124 cm³/mol. The number of rotatable bonds is 6. The highest BCUT2D eigenvalue weighted by molar-refractivity contribution is 5.76. The standard InChI is InChI=1S/C26H25N5O2/c1-17-7-9-19(10-8-17)26-31-30-24(33-26)14-13-23(32)28-21-11-12-22-20(15-21)16-27-25(29-22)18-5-3-2-4-6-18/h2-10,16,21H,11-15H2,1H3,(H,28,32)/t21-/m1/s1. The Hall–Kier alpha value is -3.87. The van der Waals surface area contributed by atoms with E-state index in [1.54, 1.807) is 0 Å². The molecule has 2 aromatic carbocycles. The van der Waals surface area contributed by atoms with Crippen molar-refractivity contribution in [2.24, 2.45) is 0 Å². The van der Waals surface area contributed by atoms with Crippen molar-refractivity contribution in [2.75, 3.05) is 0 Å². The van der Waals surface area contributed by atoms with E-state index in [4.69, 9.17) is 9.40 Å². The van der Waals surface area contributed by atoms with E-state index in [1.807, 2.05) is 67.7 Å². The van der Waals surface area contributed by atoms with Crippen molar-refractivity contribution in [3.05, 3.63) is 83.5 Å². The smallest absolute Gasteiger partial charge is 0.247 e. The number of amides is 1. The Bertz CT molecular complexity index is 1250. The molecule has 7 nitrogen and oxygen atoms in total. The second-order valence-corrected chi connectivity index (χ2v) is 8.41. The van der Waals surface area contributed by atoms with Gasteiger partial charge in [0.1, 0.15) is 0 Å². The molecular formula is C26H25N5O2. The van der Waals surface area contributed by atoms with Gasteiger partial charge < -0.3 is 9.73 Å². The van der Waals surface area contributed by atoms with Gasteiger partial charge in [-0.05, 0) is 43.9 Å². The molecule has 1 aliphatic rings. The molecule has 0 unspecified atom stereocenters. The summed E-state index contributed by atoms with van der Waals surface area (Å²) in [5, 5.41) is 11.3. The van der Waals surface area contributed by atoms with E-state index < -0.39 is 0 Å². The molecule has 166 valence electrons. The van der Waals surface area contributed by atoms with Crippen LogP contribution in [0, 0.1) is 6.92 Å². The molecule has 5 rings (SSSR count). The summed E-state index contributed by atoms with van der Waals surface area (Å²) in [5.41, 5.74) is 5.24. The van der Waals surface area contributed by atoms with Crippen LogP contribution in [0.15, 0.2) is 65.2 Å². The molecule has 0 saturated heterocycles. The predicted octanol–water partition coefficient (Wildman–Crippen LogP) is 4.11. The fourth-order valence-corrected chi connectivity index (χ4v) is 4.04. The molecule has 4 aromatic rings. The lowest BCUT2D eigenvalue weighted by Gasteiger charge is -2.24. The Morgan fingerprint density at radius 3 is 2.70 bits per heavy atom. The minimum atomic E-state index is -0.0136. The fraction of sp³-hybridized carbons (Fsp3) is 0.269. The Morgan fingerprint density at radius 1 is 1.06 bits per heavy atom. The van der Waals surface area contributed by atoms with Gasteiger partial charge in [0.15, 0.2) is 5.82 Å². The molecule has 33 heavy (non-hydrogen) atoms. The van der Waals surface area contributed by atoms with Gasteiger partial charge in [0.05, 0.1) is 0 Å².